The lowest BCUT2D eigenvalue weighted by atomic mass is 9.92. The van der Waals surface area contributed by atoms with Gasteiger partial charge in [-0.2, -0.15) is 10.2 Å². The lowest BCUT2D eigenvalue weighted by molar-refractivity contribution is 0.0928. The van der Waals surface area contributed by atoms with E-state index in [-0.39, 0.29) is 17.5 Å². The zero-order chi connectivity index (χ0) is 16.5. The van der Waals surface area contributed by atoms with Crippen LogP contribution in [-0.2, 0) is 12.8 Å². The average molecular weight is 341 g/mol. The molecule has 0 bridgehead atoms. The fourth-order valence-electron chi connectivity index (χ4n) is 2.92. The van der Waals surface area contributed by atoms with E-state index in [1.807, 2.05) is 17.5 Å². The quantitative estimate of drug-likeness (QED) is 0.672. The molecule has 8 heteroatoms. The van der Waals surface area contributed by atoms with Crippen molar-refractivity contribution in [3.8, 4) is 10.6 Å². The molecule has 0 aliphatic heterocycles. The van der Waals surface area contributed by atoms with Crippen molar-refractivity contribution in [3.05, 3.63) is 57.0 Å². The van der Waals surface area contributed by atoms with Crippen LogP contribution in [0.15, 0.2) is 34.4 Å². The Hall–Kier alpha value is -2.74. The van der Waals surface area contributed by atoms with Crippen molar-refractivity contribution in [1.82, 2.24) is 25.7 Å². The number of aryl methyl sites for hydroxylation is 1. The number of amides is 1. The van der Waals surface area contributed by atoms with Crippen LogP contribution in [0, 0.1) is 0 Å². The number of rotatable bonds is 3. The van der Waals surface area contributed by atoms with Gasteiger partial charge in [-0.3, -0.25) is 14.7 Å². The molecule has 4 rings (SSSR count). The Labute approximate surface area is 141 Å². The third-order valence-electron chi connectivity index (χ3n) is 4.11. The summed E-state index contributed by atoms with van der Waals surface area (Å²) in [6.07, 6.45) is 2.14. The van der Waals surface area contributed by atoms with Gasteiger partial charge in [-0.05, 0) is 42.3 Å². The van der Waals surface area contributed by atoms with Gasteiger partial charge in [0.2, 0.25) is 0 Å². The van der Waals surface area contributed by atoms with Gasteiger partial charge in [0, 0.05) is 12.1 Å². The van der Waals surface area contributed by atoms with Gasteiger partial charge in [-0.15, -0.1) is 11.3 Å². The normalized spacial score (nSPS) is 16.6. The van der Waals surface area contributed by atoms with Crippen molar-refractivity contribution in [2.75, 3.05) is 0 Å². The number of carbonyl (C=O) groups excluding carboxylic acids is 1. The zero-order valence-electron chi connectivity index (χ0n) is 12.7. The molecule has 24 heavy (non-hydrogen) atoms. The van der Waals surface area contributed by atoms with E-state index in [0.29, 0.717) is 12.1 Å². The molecule has 3 heterocycles. The summed E-state index contributed by atoms with van der Waals surface area (Å²) in [5.41, 5.74) is 2.79. The lowest BCUT2D eigenvalue weighted by Crippen LogP contribution is -2.39. The smallest absolute Gasteiger partial charge is 0.272 e. The van der Waals surface area contributed by atoms with Gasteiger partial charge in [-0.1, -0.05) is 6.07 Å². The van der Waals surface area contributed by atoms with Crippen LogP contribution in [0.25, 0.3) is 10.6 Å². The summed E-state index contributed by atoms with van der Waals surface area (Å²) in [4.78, 5) is 24.8. The summed E-state index contributed by atoms with van der Waals surface area (Å²) in [5, 5.41) is 18.5. The molecule has 1 amide bonds. The number of thiophene rings is 1. The summed E-state index contributed by atoms with van der Waals surface area (Å²) < 4.78 is 0. The first-order valence-corrected chi connectivity index (χ1v) is 8.54. The zero-order valence-corrected chi connectivity index (χ0v) is 13.5. The number of nitrogens with zero attached hydrogens (tertiary/aromatic N) is 2. The molecular formula is C16H15N5O2S. The Morgan fingerprint density at radius 2 is 2.21 bits per heavy atom. The predicted octanol–water partition coefficient (Wildman–Crippen LogP) is 1.51. The Kier molecular flexibility index (Phi) is 3.73. The Bertz CT molecular complexity index is 928. The summed E-state index contributed by atoms with van der Waals surface area (Å²) in [6.45, 7) is 0. The van der Waals surface area contributed by atoms with Crippen molar-refractivity contribution >= 4 is 17.2 Å². The van der Waals surface area contributed by atoms with Gasteiger partial charge in [0.15, 0.2) is 5.69 Å². The van der Waals surface area contributed by atoms with E-state index in [9.17, 15) is 9.59 Å². The average Bonchev–Trinajstić information content (AvgIpc) is 3.25. The maximum atomic E-state index is 12.4. The first-order valence-electron chi connectivity index (χ1n) is 7.66. The molecule has 0 saturated carbocycles. The summed E-state index contributed by atoms with van der Waals surface area (Å²) in [7, 11) is 0. The molecule has 0 radical (unpaired) electrons. The number of hydrogen-bond acceptors (Lipinski definition) is 5. The minimum Gasteiger partial charge on any atom is -0.348 e. The highest BCUT2D eigenvalue weighted by Gasteiger charge is 2.23. The van der Waals surface area contributed by atoms with Crippen molar-refractivity contribution < 1.29 is 4.79 Å². The molecule has 7 nitrogen and oxygen atoms in total. The molecule has 0 aromatic carbocycles. The Morgan fingerprint density at radius 1 is 1.29 bits per heavy atom. The van der Waals surface area contributed by atoms with E-state index in [0.717, 1.165) is 34.7 Å². The van der Waals surface area contributed by atoms with E-state index >= 15 is 0 Å². The van der Waals surface area contributed by atoms with Gasteiger partial charge in [0.05, 0.1) is 16.3 Å². The van der Waals surface area contributed by atoms with E-state index < -0.39 is 0 Å². The number of carbonyl (C=O) groups is 1. The third-order valence-corrected chi connectivity index (χ3v) is 5.01. The number of fused-ring (bicyclic) bond motifs is 1. The van der Waals surface area contributed by atoms with Crippen molar-refractivity contribution in [2.45, 2.75) is 25.3 Å². The number of hydrogen-bond donors (Lipinski definition) is 3. The fourth-order valence-corrected chi connectivity index (χ4v) is 3.61. The number of nitrogens with one attached hydrogen (secondary N) is 3. The minimum atomic E-state index is -0.214. The second kappa shape index (κ2) is 6.04. The Balaban J connectivity index is 1.46. The molecule has 1 atom stereocenters. The van der Waals surface area contributed by atoms with Crippen LogP contribution in [0.1, 0.15) is 28.2 Å². The lowest BCUT2D eigenvalue weighted by Gasteiger charge is -2.23. The molecule has 3 N–H and O–H groups in total. The number of aromatic nitrogens is 4. The summed E-state index contributed by atoms with van der Waals surface area (Å²) >= 11 is 1.59. The highest BCUT2D eigenvalue weighted by Crippen LogP contribution is 2.23. The van der Waals surface area contributed by atoms with Crippen LogP contribution in [0.4, 0.5) is 0 Å². The van der Waals surface area contributed by atoms with Crippen LogP contribution in [0.2, 0.25) is 0 Å². The topological polar surface area (TPSA) is 104 Å². The van der Waals surface area contributed by atoms with Crippen LogP contribution in [0.3, 0.4) is 0 Å². The van der Waals surface area contributed by atoms with Crippen molar-refractivity contribution in [1.29, 1.82) is 0 Å². The van der Waals surface area contributed by atoms with Gasteiger partial charge in [-0.25, -0.2) is 5.10 Å². The van der Waals surface area contributed by atoms with Crippen molar-refractivity contribution in [3.63, 3.8) is 0 Å². The number of H-pyrrole nitrogens is 2. The standard InChI is InChI=1S/C16H15N5O2S/c22-15-7-9-6-10(3-4-11(9)18-21-15)17-16(23)13-8-12(19-20-13)14-2-1-5-24-14/h1-2,5,7-8,10H,3-4,6H2,(H,17,23)(H,19,20)(H,21,22)/t10-/m0/s1. The van der Waals surface area contributed by atoms with Gasteiger partial charge in [0.25, 0.3) is 11.5 Å². The van der Waals surface area contributed by atoms with E-state index in [1.54, 1.807) is 23.5 Å². The van der Waals surface area contributed by atoms with Crippen LogP contribution in [0.5, 0.6) is 0 Å². The maximum Gasteiger partial charge on any atom is 0.272 e. The summed E-state index contributed by atoms with van der Waals surface area (Å²) in [6, 6.07) is 7.22. The van der Waals surface area contributed by atoms with Gasteiger partial charge < -0.3 is 5.32 Å². The monoisotopic (exact) mass is 341 g/mol. The molecule has 0 unspecified atom stereocenters. The highest BCUT2D eigenvalue weighted by molar-refractivity contribution is 7.13. The predicted molar refractivity (Wildman–Crippen MR) is 90.0 cm³/mol. The van der Waals surface area contributed by atoms with E-state index in [4.69, 9.17) is 0 Å². The molecular weight excluding hydrogens is 326 g/mol. The minimum absolute atomic E-state index is 0.0181. The Morgan fingerprint density at radius 3 is 3.04 bits per heavy atom. The number of aromatic amines is 2. The van der Waals surface area contributed by atoms with Crippen molar-refractivity contribution in [2.24, 2.45) is 0 Å². The molecule has 1 aliphatic rings. The SMILES string of the molecule is O=C(N[C@H]1CCc2n[nH]c(=O)cc2C1)c1cc(-c2cccs2)[nH]n1. The van der Waals surface area contributed by atoms with Crippen LogP contribution < -0.4 is 10.9 Å². The maximum absolute atomic E-state index is 12.4. The first kappa shape index (κ1) is 14.8. The second-order valence-electron chi connectivity index (χ2n) is 5.76. The summed E-state index contributed by atoms with van der Waals surface area (Å²) in [5.74, 6) is -0.208. The van der Waals surface area contributed by atoms with Gasteiger partial charge in [0.1, 0.15) is 0 Å². The van der Waals surface area contributed by atoms with E-state index in [2.05, 4.69) is 25.7 Å². The fraction of sp³-hybridized carbons (Fsp3) is 0.250. The molecule has 0 spiro atoms. The molecule has 3 aromatic heterocycles. The highest BCUT2D eigenvalue weighted by atomic mass is 32.1. The third kappa shape index (κ3) is 2.88. The second-order valence-corrected chi connectivity index (χ2v) is 6.71. The molecule has 0 saturated heterocycles. The van der Waals surface area contributed by atoms with Crippen LogP contribution in [-0.4, -0.2) is 32.3 Å². The largest absolute Gasteiger partial charge is 0.348 e. The molecule has 0 fully saturated rings. The molecule has 1 aliphatic carbocycles. The van der Waals surface area contributed by atoms with Crippen LogP contribution >= 0.6 is 11.3 Å². The van der Waals surface area contributed by atoms with Gasteiger partial charge >= 0.3 is 0 Å². The van der Waals surface area contributed by atoms with E-state index in [1.165, 1.54) is 0 Å². The molecule has 3 aromatic rings. The molecule has 122 valence electrons. The first-order chi connectivity index (χ1) is 11.7.